The number of aryl methyl sites for hydroxylation is 2. The molecule has 0 unspecified atom stereocenters. The normalized spacial score (nSPS) is 13.8. The zero-order valence-electron chi connectivity index (χ0n) is 15.6. The number of rotatable bonds is 4. The lowest BCUT2D eigenvalue weighted by atomic mass is 10.1. The van der Waals surface area contributed by atoms with Crippen LogP contribution in [0.3, 0.4) is 0 Å². The Balaban J connectivity index is 1.50. The molecule has 4 aromatic rings. The van der Waals surface area contributed by atoms with Gasteiger partial charge in [-0.15, -0.1) is 11.3 Å². The molecule has 3 heterocycles. The highest BCUT2D eigenvalue weighted by molar-refractivity contribution is 7.14. The number of aromatic nitrogens is 4. The van der Waals surface area contributed by atoms with E-state index in [9.17, 15) is 4.79 Å². The van der Waals surface area contributed by atoms with Gasteiger partial charge in [0.05, 0.1) is 22.3 Å². The molecular formula is C21H19N5OS. The third-order valence-corrected chi connectivity index (χ3v) is 5.78. The van der Waals surface area contributed by atoms with Gasteiger partial charge in [0.2, 0.25) is 0 Å². The van der Waals surface area contributed by atoms with Gasteiger partial charge in [-0.2, -0.15) is 5.10 Å². The van der Waals surface area contributed by atoms with Crippen molar-refractivity contribution in [2.75, 3.05) is 5.32 Å². The molecule has 1 N–H and O–H groups in total. The summed E-state index contributed by atoms with van der Waals surface area (Å²) >= 11 is 1.43. The number of carbonyl (C=O) groups excluding carboxylic acids is 1. The van der Waals surface area contributed by atoms with Crippen LogP contribution in [0.2, 0.25) is 0 Å². The Morgan fingerprint density at radius 3 is 2.75 bits per heavy atom. The van der Waals surface area contributed by atoms with E-state index in [1.54, 1.807) is 4.68 Å². The molecule has 1 aromatic carbocycles. The lowest BCUT2D eigenvalue weighted by Gasteiger charge is -2.07. The van der Waals surface area contributed by atoms with E-state index in [0.717, 1.165) is 46.5 Å². The van der Waals surface area contributed by atoms with E-state index < -0.39 is 0 Å². The Bertz CT molecular complexity index is 1190. The highest BCUT2D eigenvalue weighted by atomic mass is 32.1. The molecule has 0 bridgehead atoms. The second-order valence-electron chi connectivity index (χ2n) is 7.13. The van der Waals surface area contributed by atoms with Gasteiger partial charge < -0.3 is 0 Å². The predicted molar refractivity (Wildman–Crippen MR) is 111 cm³/mol. The molecule has 28 heavy (non-hydrogen) atoms. The Kier molecular flexibility index (Phi) is 3.98. The van der Waals surface area contributed by atoms with Gasteiger partial charge in [-0.1, -0.05) is 30.3 Å². The number of nitrogens with zero attached hydrogens (tertiary/aromatic N) is 4. The molecule has 1 fully saturated rings. The zero-order valence-corrected chi connectivity index (χ0v) is 16.5. The number of pyridine rings is 1. The van der Waals surface area contributed by atoms with Crippen molar-refractivity contribution < 1.29 is 4.79 Å². The largest absolute Gasteiger partial charge is 0.298 e. The molecule has 3 aromatic heterocycles. The number of amides is 1. The van der Waals surface area contributed by atoms with Crippen molar-refractivity contribution in [3.63, 3.8) is 0 Å². The van der Waals surface area contributed by atoms with Gasteiger partial charge in [-0.25, -0.2) is 9.97 Å². The van der Waals surface area contributed by atoms with Gasteiger partial charge in [-0.05, 0) is 25.8 Å². The van der Waals surface area contributed by atoms with Crippen LogP contribution in [-0.4, -0.2) is 25.7 Å². The molecule has 6 nitrogen and oxygen atoms in total. The quantitative estimate of drug-likeness (QED) is 0.557. The van der Waals surface area contributed by atoms with Crippen molar-refractivity contribution in [1.82, 2.24) is 19.7 Å². The minimum atomic E-state index is -0.167. The van der Waals surface area contributed by atoms with E-state index in [-0.39, 0.29) is 5.91 Å². The third-order valence-electron chi connectivity index (χ3n) is 5.02. The third kappa shape index (κ3) is 2.97. The summed E-state index contributed by atoms with van der Waals surface area (Å²) in [4.78, 5) is 22.5. The van der Waals surface area contributed by atoms with E-state index in [1.807, 2.05) is 55.7 Å². The van der Waals surface area contributed by atoms with Gasteiger partial charge >= 0.3 is 0 Å². The Hall–Kier alpha value is -3.06. The van der Waals surface area contributed by atoms with Crippen LogP contribution in [0, 0.1) is 6.92 Å². The standard InChI is InChI=1S/C21H19N5OS/c1-12-18-15(10-16(14-8-9-14)22-19(18)26(2)25-12)20(27)24-21-23-17(11-28-21)13-6-4-3-5-7-13/h3-7,10-11,14H,8-9H2,1-2H3,(H,23,24,27). The summed E-state index contributed by atoms with van der Waals surface area (Å²) in [6.45, 7) is 1.91. The summed E-state index contributed by atoms with van der Waals surface area (Å²) in [5, 5.41) is 10.8. The minimum absolute atomic E-state index is 0.167. The fraction of sp³-hybridized carbons (Fsp3) is 0.238. The second-order valence-corrected chi connectivity index (χ2v) is 7.99. The molecule has 0 saturated heterocycles. The molecule has 5 rings (SSSR count). The van der Waals surface area contributed by atoms with E-state index in [2.05, 4.69) is 15.4 Å². The summed E-state index contributed by atoms with van der Waals surface area (Å²) in [5.74, 6) is 0.287. The van der Waals surface area contributed by atoms with Crippen molar-refractivity contribution in [3.8, 4) is 11.3 Å². The lowest BCUT2D eigenvalue weighted by Crippen LogP contribution is -2.13. The molecule has 7 heteroatoms. The highest BCUT2D eigenvalue weighted by Gasteiger charge is 2.28. The number of thiazole rings is 1. The highest BCUT2D eigenvalue weighted by Crippen LogP contribution is 2.40. The summed E-state index contributed by atoms with van der Waals surface area (Å²) in [5.41, 5.74) is 5.05. The SMILES string of the molecule is Cc1nn(C)c2nc(C3CC3)cc(C(=O)Nc3nc(-c4ccccc4)cs3)c12. The van der Waals surface area contributed by atoms with Crippen molar-refractivity contribution in [2.45, 2.75) is 25.7 Å². The first-order valence-electron chi connectivity index (χ1n) is 9.26. The molecule has 1 aliphatic carbocycles. The molecule has 0 spiro atoms. The number of carbonyl (C=O) groups is 1. The maximum absolute atomic E-state index is 13.1. The first-order chi connectivity index (χ1) is 13.6. The number of fused-ring (bicyclic) bond motifs is 1. The maximum atomic E-state index is 13.1. The molecule has 0 radical (unpaired) electrons. The maximum Gasteiger partial charge on any atom is 0.258 e. The van der Waals surface area contributed by atoms with Crippen LogP contribution in [-0.2, 0) is 7.05 Å². The molecule has 0 aliphatic heterocycles. The molecule has 0 atom stereocenters. The van der Waals surface area contributed by atoms with E-state index in [4.69, 9.17) is 4.98 Å². The molecule has 1 saturated carbocycles. The summed E-state index contributed by atoms with van der Waals surface area (Å²) < 4.78 is 1.75. The monoisotopic (exact) mass is 389 g/mol. The van der Waals surface area contributed by atoms with Crippen molar-refractivity contribution in [2.24, 2.45) is 7.05 Å². The van der Waals surface area contributed by atoms with Crippen LogP contribution in [0.5, 0.6) is 0 Å². The van der Waals surface area contributed by atoms with Crippen molar-refractivity contribution in [3.05, 3.63) is 58.7 Å². The first kappa shape index (κ1) is 17.1. The topological polar surface area (TPSA) is 72.7 Å². The smallest absolute Gasteiger partial charge is 0.258 e. The average Bonchev–Trinajstić information content (AvgIpc) is 3.39. The van der Waals surface area contributed by atoms with Crippen LogP contribution in [0.1, 0.15) is 40.5 Å². The fourth-order valence-electron chi connectivity index (χ4n) is 3.47. The summed E-state index contributed by atoms with van der Waals surface area (Å²) in [6, 6.07) is 11.9. The Morgan fingerprint density at radius 1 is 1.21 bits per heavy atom. The van der Waals surface area contributed by atoms with Crippen LogP contribution >= 0.6 is 11.3 Å². The fourth-order valence-corrected chi connectivity index (χ4v) is 4.18. The Labute approximate surface area is 166 Å². The number of anilines is 1. The van der Waals surface area contributed by atoms with Gasteiger partial charge in [0.15, 0.2) is 10.8 Å². The van der Waals surface area contributed by atoms with Crippen LogP contribution in [0.4, 0.5) is 5.13 Å². The second kappa shape index (κ2) is 6.53. The van der Waals surface area contributed by atoms with E-state index in [0.29, 0.717) is 16.6 Å². The Morgan fingerprint density at radius 2 is 2.00 bits per heavy atom. The van der Waals surface area contributed by atoms with Gasteiger partial charge in [0.25, 0.3) is 5.91 Å². The van der Waals surface area contributed by atoms with Gasteiger partial charge in [0.1, 0.15) is 0 Å². The first-order valence-corrected chi connectivity index (χ1v) is 10.1. The number of hydrogen-bond acceptors (Lipinski definition) is 5. The van der Waals surface area contributed by atoms with E-state index >= 15 is 0 Å². The molecule has 140 valence electrons. The predicted octanol–water partition coefficient (Wildman–Crippen LogP) is 4.53. The van der Waals surface area contributed by atoms with Crippen LogP contribution < -0.4 is 5.32 Å². The lowest BCUT2D eigenvalue weighted by molar-refractivity contribution is 0.102. The average molecular weight is 389 g/mol. The number of nitrogens with one attached hydrogen (secondary N) is 1. The van der Waals surface area contributed by atoms with Gasteiger partial charge in [-0.3, -0.25) is 14.8 Å². The van der Waals surface area contributed by atoms with Gasteiger partial charge in [0, 0.05) is 29.6 Å². The number of benzene rings is 1. The minimum Gasteiger partial charge on any atom is -0.298 e. The van der Waals surface area contributed by atoms with Crippen molar-refractivity contribution in [1.29, 1.82) is 0 Å². The molecular weight excluding hydrogens is 370 g/mol. The van der Waals surface area contributed by atoms with Crippen LogP contribution in [0.25, 0.3) is 22.3 Å². The van der Waals surface area contributed by atoms with Crippen LogP contribution in [0.15, 0.2) is 41.8 Å². The van der Waals surface area contributed by atoms with E-state index in [1.165, 1.54) is 11.3 Å². The summed E-state index contributed by atoms with van der Waals surface area (Å²) in [6.07, 6.45) is 2.26. The summed E-state index contributed by atoms with van der Waals surface area (Å²) in [7, 11) is 1.87. The number of hydrogen-bond donors (Lipinski definition) is 1. The molecule has 1 amide bonds. The zero-order chi connectivity index (χ0) is 19.3. The van der Waals surface area contributed by atoms with Crippen molar-refractivity contribution >= 4 is 33.4 Å². The molecule has 1 aliphatic rings.